The second-order valence-corrected chi connectivity index (χ2v) is 7.73. The van der Waals surface area contributed by atoms with Crippen molar-refractivity contribution < 1.29 is 27.9 Å². The van der Waals surface area contributed by atoms with Gasteiger partial charge in [0.1, 0.15) is 5.69 Å². The molecule has 1 saturated carbocycles. The fourth-order valence-corrected chi connectivity index (χ4v) is 4.04. The molecule has 2 aromatic rings. The van der Waals surface area contributed by atoms with E-state index in [1.807, 2.05) is 6.20 Å². The normalized spacial score (nSPS) is 19.0. The second kappa shape index (κ2) is 10.5. The zero-order valence-electron chi connectivity index (χ0n) is 17.3. The summed E-state index contributed by atoms with van der Waals surface area (Å²) < 4.78 is 33.9. The van der Waals surface area contributed by atoms with Crippen LogP contribution in [0.15, 0.2) is 30.9 Å². The average molecular weight is 454 g/mol. The van der Waals surface area contributed by atoms with Crippen molar-refractivity contribution in [2.75, 3.05) is 13.1 Å². The molecule has 3 heterocycles. The number of aromatic nitrogens is 4. The van der Waals surface area contributed by atoms with Crippen LogP contribution in [0.5, 0.6) is 0 Å². The maximum absolute atomic E-state index is 12.1. The monoisotopic (exact) mass is 454 g/mol. The summed E-state index contributed by atoms with van der Waals surface area (Å²) in [6.07, 6.45) is 7.57. The lowest BCUT2D eigenvalue weighted by atomic mass is 10.1. The minimum atomic E-state index is -5.08. The summed E-state index contributed by atoms with van der Waals surface area (Å²) in [6.45, 7) is 2.62. The molecule has 1 aliphatic heterocycles. The Bertz CT molecular complexity index is 899. The molecule has 2 aliphatic rings. The van der Waals surface area contributed by atoms with Crippen molar-refractivity contribution in [1.82, 2.24) is 30.0 Å². The molecule has 0 radical (unpaired) electrons. The highest BCUT2D eigenvalue weighted by molar-refractivity contribution is 5.91. The number of carboxylic acids is 1. The van der Waals surface area contributed by atoms with E-state index < -0.39 is 12.1 Å². The van der Waals surface area contributed by atoms with Crippen LogP contribution >= 0.6 is 0 Å². The number of hydrogen-bond acceptors (Lipinski definition) is 6. The number of halogens is 3. The summed E-state index contributed by atoms with van der Waals surface area (Å²) in [6, 6.07) is 3.13. The Hall–Kier alpha value is -3.02. The van der Waals surface area contributed by atoms with Crippen molar-refractivity contribution >= 4 is 11.9 Å². The molecule has 12 heteroatoms. The van der Waals surface area contributed by atoms with Crippen LogP contribution in [0.4, 0.5) is 13.2 Å². The predicted molar refractivity (Wildman–Crippen MR) is 107 cm³/mol. The number of aliphatic carboxylic acids is 1. The van der Waals surface area contributed by atoms with Gasteiger partial charge in [-0.25, -0.2) is 9.78 Å². The van der Waals surface area contributed by atoms with Gasteiger partial charge < -0.3 is 10.4 Å². The minimum absolute atomic E-state index is 0.169. The van der Waals surface area contributed by atoms with E-state index in [4.69, 9.17) is 9.90 Å². The van der Waals surface area contributed by atoms with Gasteiger partial charge in [-0.2, -0.15) is 18.3 Å². The maximum atomic E-state index is 12.1. The molecule has 32 heavy (non-hydrogen) atoms. The van der Waals surface area contributed by atoms with Crippen LogP contribution in [-0.2, 0) is 11.3 Å². The highest BCUT2D eigenvalue weighted by atomic mass is 19.4. The zero-order valence-corrected chi connectivity index (χ0v) is 17.3. The molecule has 0 saturated heterocycles. The van der Waals surface area contributed by atoms with Gasteiger partial charge in [0.15, 0.2) is 0 Å². The van der Waals surface area contributed by atoms with Crippen molar-refractivity contribution in [3.05, 3.63) is 42.2 Å². The molecular formula is C20H25F3N6O3. The Labute approximate surface area is 182 Å². The van der Waals surface area contributed by atoms with Gasteiger partial charge in [0.2, 0.25) is 0 Å². The van der Waals surface area contributed by atoms with E-state index in [0.717, 1.165) is 19.5 Å². The van der Waals surface area contributed by atoms with Gasteiger partial charge in [-0.15, -0.1) is 0 Å². The van der Waals surface area contributed by atoms with Gasteiger partial charge in [0.25, 0.3) is 5.91 Å². The van der Waals surface area contributed by atoms with E-state index in [0.29, 0.717) is 24.3 Å². The number of carboxylic acid groups (broad SMARTS) is 1. The molecule has 0 spiro atoms. The van der Waals surface area contributed by atoms with Crippen molar-refractivity contribution in [3.63, 3.8) is 0 Å². The largest absolute Gasteiger partial charge is 0.490 e. The molecule has 1 aliphatic carbocycles. The van der Waals surface area contributed by atoms with Crippen molar-refractivity contribution in [2.45, 2.75) is 56.9 Å². The Morgan fingerprint density at radius 1 is 1.19 bits per heavy atom. The number of alkyl halides is 3. The van der Waals surface area contributed by atoms with E-state index in [2.05, 4.69) is 36.0 Å². The Morgan fingerprint density at radius 3 is 2.53 bits per heavy atom. The van der Waals surface area contributed by atoms with Crippen molar-refractivity contribution in [2.24, 2.45) is 0 Å². The summed E-state index contributed by atoms with van der Waals surface area (Å²) in [5.74, 6) is -2.93. The van der Waals surface area contributed by atoms with E-state index in [1.54, 1.807) is 6.20 Å². The summed E-state index contributed by atoms with van der Waals surface area (Å²) in [5, 5.41) is 14.6. The third kappa shape index (κ3) is 6.25. The van der Waals surface area contributed by atoms with Gasteiger partial charge >= 0.3 is 12.1 Å². The summed E-state index contributed by atoms with van der Waals surface area (Å²) >= 11 is 0. The number of fused-ring (bicyclic) bond motifs is 1. The van der Waals surface area contributed by atoms with E-state index in [9.17, 15) is 18.0 Å². The molecule has 174 valence electrons. The van der Waals surface area contributed by atoms with Crippen LogP contribution in [-0.4, -0.2) is 66.9 Å². The van der Waals surface area contributed by atoms with Gasteiger partial charge in [-0.05, 0) is 25.3 Å². The van der Waals surface area contributed by atoms with Crippen LogP contribution in [0.3, 0.4) is 0 Å². The highest BCUT2D eigenvalue weighted by Gasteiger charge is 2.38. The first-order chi connectivity index (χ1) is 15.3. The van der Waals surface area contributed by atoms with Crippen LogP contribution in [0.25, 0.3) is 0 Å². The first-order valence-electron chi connectivity index (χ1n) is 10.4. The third-order valence-corrected chi connectivity index (χ3v) is 5.55. The van der Waals surface area contributed by atoms with Crippen molar-refractivity contribution in [3.8, 4) is 0 Å². The van der Waals surface area contributed by atoms with Crippen LogP contribution in [0, 0.1) is 0 Å². The zero-order chi connectivity index (χ0) is 23.1. The lowest BCUT2D eigenvalue weighted by Gasteiger charge is -2.37. The number of nitrogens with zero attached hydrogens (tertiary/aromatic N) is 5. The fourth-order valence-electron chi connectivity index (χ4n) is 4.04. The molecule has 1 amide bonds. The maximum Gasteiger partial charge on any atom is 0.490 e. The van der Waals surface area contributed by atoms with Gasteiger partial charge in [0.05, 0.1) is 17.9 Å². The van der Waals surface area contributed by atoms with Gasteiger partial charge in [-0.3, -0.25) is 19.4 Å². The smallest absolute Gasteiger partial charge is 0.475 e. The first kappa shape index (κ1) is 23.6. The van der Waals surface area contributed by atoms with Crippen LogP contribution < -0.4 is 5.32 Å². The number of carbonyl (C=O) groups excluding carboxylic acids is 1. The van der Waals surface area contributed by atoms with Crippen LogP contribution in [0.2, 0.25) is 0 Å². The number of hydrogen-bond donors (Lipinski definition) is 2. The van der Waals surface area contributed by atoms with Crippen LogP contribution in [0.1, 0.15) is 54.3 Å². The molecule has 2 N–H and O–H groups in total. The Kier molecular flexibility index (Phi) is 7.78. The van der Waals surface area contributed by atoms with E-state index >= 15 is 0 Å². The predicted octanol–water partition coefficient (Wildman–Crippen LogP) is 2.43. The first-order valence-corrected chi connectivity index (χ1v) is 10.4. The molecule has 2 aromatic heterocycles. The van der Waals surface area contributed by atoms with Gasteiger partial charge in [-0.1, -0.05) is 12.8 Å². The second-order valence-electron chi connectivity index (χ2n) is 7.73. The molecule has 9 nitrogen and oxygen atoms in total. The number of nitrogens with one attached hydrogen (secondary N) is 1. The van der Waals surface area contributed by atoms with Gasteiger partial charge in [0, 0.05) is 44.3 Å². The summed E-state index contributed by atoms with van der Waals surface area (Å²) in [4.78, 5) is 31.6. The topological polar surface area (TPSA) is 113 Å². The molecule has 1 atom stereocenters. The summed E-state index contributed by atoms with van der Waals surface area (Å²) in [5.41, 5.74) is 1.64. The quantitative estimate of drug-likeness (QED) is 0.713. The Balaban J connectivity index is 0.000000360. The highest BCUT2D eigenvalue weighted by Crippen LogP contribution is 2.30. The minimum Gasteiger partial charge on any atom is -0.475 e. The Morgan fingerprint density at radius 2 is 1.91 bits per heavy atom. The average Bonchev–Trinajstić information content (AvgIpc) is 3.46. The summed E-state index contributed by atoms with van der Waals surface area (Å²) in [7, 11) is 0. The molecule has 1 unspecified atom stereocenters. The lowest BCUT2D eigenvalue weighted by Crippen LogP contribution is -2.43. The third-order valence-electron chi connectivity index (χ3n) is 5.55. The lowest BCUT2D eigenvalue weighted by molar-refractivity contribution is -0.192. The fraction of sp³-hybridized carbons (Fsp3) is 0.550. The molecular weight excluding hydrogens is 429 g/mol. The number of rotatable bonds is 5. The molecule has 0 aromatic carbocycles. The molecule has 4 rings (SSSR count). The van der Waals surface area contributed by atoms with E-state index in [-0.39, 0.29) is 5.91 Å². The van der Waals surface area contributed by atoms with E-state index in [1.165, 1.54) is 43.8 Å². The SMILES string of the molecule is O=C(NCCC1CN(C2CCCC2)Cc2ccnn21)c1cnccn1.O=C(O)C(F)(F)F. The van der Waals surface area contributed by atoms with Crippen molar-refractivity contribution in [1.29, 1.82) is 0 Å². The number of amides is 1. The molecule has 1 fully saturated rings. The molecule has 0 bridgehead atoms. The number of carbonyl (C=O) groups is 2. The standard InChI is InChI=1S/C18H24N6O.C2HF3O2/c25-18(17-11-19-9-10-20-17)21-7-5-15-12-23(14-3-1-2-4-14)13-16-6-8-22-24(15)16;3-2(4,5)1(6)7/h6,8-11,14-15H,1-5,7,12-13H2,(H,21,25);(H,6,7).